The lowest BCUT2D eigenvalue weighted by atomic mass is 9.80. The second-order valence-corrected chi connectivity index (χ2v) is 11.7. The monoisotopic (exact) mass is 675 g/mol. The average Bonchev–Trinajstić information content (AvgIpc) is 3.47. The highest BCUT2D eigenvalue weighted by molar-refractivity contribution is 6.07. The zero-order valence-electron chi connectivity index (χ0n) is 26.9. The van der Waals surface area contributed by atoms with Crippen LogP contribution in [0.4, 0.5) is 23.4 Å². The molecule has 1 N–H and O–H groups in total. The van der Waals surface area contributed by atoms with Crippen molar-refractivity contribution in [2.75, 3.05) is 45.2 Å². The fourth-order valence-corrected chi connectivity index (χ4v) is 5.81. The van der Waals surface area contributed by atoms with E-state index in [1.54, 1.807) is 37.3 Å². The number of carbonyl (C=O) groups excluding carboxylic acids is 3. The third-order valence-electron chi connectivity index (χ3n) is 8.18. The summed E-state index contributed by atoms with van der Waals surface area (Å²) in [5.41, 5.74) is -0.420. The number of anilines is 1. The van der Waals surface area contributed by atoms with Crippen LogP contribution < -0.4 is 10.2 Å². The van der Waals surface area contributed by atoms with Crippen molar-refractivity contribution in [3.8, 4) is 11.8 Å². The molecule has 2 heterocycles. The van der Waals surface area contributed by atoms with Crippen LogP contribution in [0.1, 0.15) is 50.4 Å². The van der Waals surface area contributed by atoms with Crippen molar-refractivity contribution in [2.24, 2.45) is 0 Å². The van der Waals surface area contributed by atoms with Crippen LogP contribution in [-0.2, 0) is 11.0 Å². The Labute approximate surface area is 280 Å². The molecular weight excluding hydrogens is 642 g/mol. The van der Waals surface area contributed by atoms with Crippen LogP contribution in [0.15, 0.2) is 78.9 Å². The van der Waals surface area contributed by atoms with Gasteiger partial charge in [0.1, 0.15) is 24.2 Å². The van der Waals surface area contributed by atoms with Gasteiger partial charge in [-0.25, -0.2) is 9.07 Å². The molecule has 0 radical (unpaired) electrons. The number of nitrogens with one attached hydrogen (secondary N) is 1. The van der Waals surface area contributed by atoms with Gasteiger partial charge in [0.2, 0.25) is 0 Å². The van der Waals surface area contributed by atoms with Gasteiger partial charge in [0.15, 0.2) is 5.69 Å². The number of para-hydroxylation sites is 1. The van der Waals surface area contributed by atoms with Gasteiger partial charge in [-0.15, -0.1) is 0 Å². The van der Waals surface area contributed by atoms with Gasteiger partial charge in [-0.3, -0.25) is 19.3 Å². The predicted molar refractivity (Wildman–Crippen MR) is 173 cm³/mol. The molecule has 254 valence electrons. The first-order valence-electron chi connectivity index (χ1n) is 15.4. The summed E-state index contributed by atoms with van der Waals surface area (Å²) in [6.45, 7) is 2.07. The number of fused-ring (bicyclic) bond motifs is 1. The molecule has 4 aromatic rings. The van der Waals surface area contributed by atoms with Crippen LogP contribution in [0.5, 0.6) is 0 Å². The molecular formula is C35H33F4N7O3. The summed E-state index contributed by atoms with van der Waals surface area (Å²) in [4.78, 5) is 46.9. The Hall–Kier alpha value is -5.55. The van der Waals surface area contributed by atoms with Crippen molar-refractivity contribution in [3.63, 3.8) is 0 Å². The Kier molecular flexibility index (Phi) is 10.1. The third-order valence-corrected chi connectivity index (χ3v) is 8.18. The molecule has 0 bridgehead atoms. The van der Waals surface area contributed by atoms with Gasteiger partial charge < -0.3 is 15.1 Å². The van der Waals surface area contributed by atoms with Gasteiger partial charge in [0, 0.05) is 36.7 Å². The summed E-state index contributed by atoms with van der Waals surface area (Å²) in [6.07, 6.45) is -4.72. The maximum absolute atomic E-state index is 14.4. The second kappa shape index (κ2) is 14.3. The molecule has 2 atom stereocenters. The molecule has 1 aliphatic rings. The van der Waals surface area contributed by atoms with Crippen molar-refractivity contribution < 1.29 is 31.9 Å². The number of nitriles is 1. The van der Waals surface area contributed by atoms with Gasteiger partial charge in [-0.2, -0.15) is 23.5 Å². The molecule has 49 heavy (non-hydrogen) atoms. The molecule has 5 rings (SSSR count). The van der Waals surface area contributed by atoms with Crippen LogP contribution in [0.2, 0.25) is 0 Å². The standard InChI is InChI=1S/C35H33F4N7O3/c1-4-45-32-28(30(42-46(32)26-11-6-5-7-12-26)33(48)44(18-17-40)20-19-43(2)3)27(22-13-15-25(36)16-14-22)29(34(45)49)41-31(47)23-9-8-10-24(21-23)35(37,38)39/h5-16,21,27,29H,4,18-20H2,1-3H3,(H,41,47)/t27-,29-/m0/s1. The Bertz CT molecular complexity index is 1890. The highest BCUT2D eigenvalue weighted by Crippen LogP contribution is 2.44. The number of aromatic nitrogens is 2. The average molecular weight is 676 g/mol. The lowest BCUT2D eigenvalue weighted by Crippen LogP contribution is -2.55. The van der Waals surface area contributed by atoms with E-state index < -0.39 is 47.2 Å². The van der Waals surface area contributed by atoms with Crippen LogP contribution in [0, 0.1) is 17.1 Å². The van der Waals surface area contributed by atoms with E-state index in [0.29, 0.717) is 23.9 Å². The molecule has 1 aliphatic heterocycles. The minimum atomic E-state index is -4.72. The van der Waals surface area contributed by atoms with Gasteiger partial charge in [0.25, 0.3) is 17.7 Å². The number of rotatable bonds is 10. The maximum atomic E-state index is 14.4. The Balaban J connectivity index is 1.74. The fraction of sp³-hybridized carbons (Fsp3) is 0.286. The summed E-state index contributed by atoms with van der Waals surface area (Å²) in [5, 5.41) is 17.0. The summed E-state index contributed by atoms with van der Waals surface area (Å²) < 4.78 is 56.2. The van der Waals surface area contributed by atoms with E-state index in [0.717, 1.165) is 12.1 Å². The highest BCUT2D eigenvalue weighted by atomic mass is 19.4. The second-order valence-electron chi connectivity index (χ2n) is 11.7. The SMILES string of the molecule is CCN1C(=O)[C@@H](NC(=O)c2cccc(C(F)(F)F)c2)[C@@H](c2ccc(F)cc2)c2c(C(=O)N(CC#N)CCN(C)C)nn(-c3ccccc3)c21. The van der Waals surface area contributed by atoms with Gasteiger partial charge in [-0.1, -0.05) is 36.4 Å². The Morgan fingerprint density at radius 3 is 2.31 bits per heavy atom. The molecule has 0 unspecified atom stereocenters. The fourth-order valence-electron chi connectivity index (χ4n) is 5.81. The van der Waals surface area contributed by atoms with Crippen LogP contribution in [-0.4, -0.2) is 83.6 Å². The molecule has 0 saturated heterocycles. The zero-order chi connectivity index (χ0) is 35.5. The summed E-state index contributed by atoms with van der Waals surface area (Å²) >= 11 is 0. The van der Waals surface area contributed by atoms with Crippen LogP contribution in [0.3, 0.4) is 0 Å². The van der Waals surface area contributed by atoms with Crippen molar-refractivity contribution in [3.05, 3.63) is 113 Å². The van der Waals surface area contributed by atoms with E-state index in [1.807, 2.05) is 25.1 Å². The largest absolute Gasteiger partial charge is 0.416 e. The van der Waals surface area contributed by atoms with Crippen LogP contribution >= 0.6 is 0 Å². The Morgan fingerprint density at radius 2 is 1.69 bits per heavy atom. The van der Waals surface area contributed by atoms with Crippen molar-refractivity contribution >= 4 is 23.5 Å². The molecule has 0 fully saturated rings. The third kappa shape index (κ3) is 7.17. The zero-order valence-corrected chi connectivity index (χ0v) is 26.9. The van der Waals surface area contributed by atoms with Crippen LogP contribution in [0.25, 0.3) is 5.69 Å². The molecule has 3 aromatic carbocycles. The van der Waals surface area contributed by atoms with E-state index in [-0.39, 0.29) is 42.3 Å². The Morgan fingerprint density at radius 1 is 1.00 bits per heavy atom. The molecule has 0 aliphatic carbocycles. The molecule has 3 amide bonds. The molecule has 1 aromatic heterocycles. The minimum absolute atomic E-state index is 0.0621. The number of likely N-dealkylation sites (N-methyl/N-ethyl adjacent to an activating group) is 2. The highest BCUT2D eigenvalue weighted by Gasteiger charge is 2.47. The number of hydrogen-bond acceptors (Lipinski definition) is 6. The van der Waals surface area contributed by atoms with E-state index in [1.165, 1.54) is 44.8 Å². The number of amides is 3. The first-order valence-corrected chi connectivity index (χ1v) is 15.4. The van der Waals surface area contributed by atoms with Gasteiger partial charge >= 0.3 is 6.18 Å². The van der Waals surface area contributed by atoms with E-state index in [2.05, 4.69) is 5.32 Å². The van der Waals surface area contributed by atoms with E-state index in [9.17, 15) is 37.2 Å². The molecule has 14 heteroatoms. The first kappa shape index (κ1) is 34.8. The lowest BCUT2D eigenvalue weighted by Gasteiger charge is -2.38. The number of benzene rings is 3. The van der Waals surface area contributed by atoms with Crippen molar-refractivity contribution in [2.45, 2.75) is 25.1 Å². The quantitative estimate of drug-likeness (QED) is 0.190. The van der Waals surface area contributed by atoms with E-state index >= 15 is 0 Å². The molecule has 0 saturated carbocycles. The van der Waals surface area contributed by atoms with Gasteiger partial charge in [-0.05, 0) is 69.0 Å². The topological polar surface area (TPSA) is 115 Å². The maximum Gasteiger partial charge on any atom is 0.416 e. The normalized spacial score (nSPS) is 15.9. The van der Waals surface area contributed by atoms with Crippen molar-refractivity contribution in [1.82, 2.24) is 24.9 Å². The summed E-state index contributed by atoms with van der Waals surface area (Å²) in [7, 11) is 3.63. The minimum Gasteiger partial charge on any atom is -0.339 e. The number of nitrogens with zero attached hydrogens (tertiary/aromatic N) is 6. The number of carbonyl (C=O) groups is 3. The molecule has 10 nitrogen and oxygen atoms in total. The molecule has 0 spiro atoms. The van der Waals surface area contributed by atoms with Crippen molar-refractivity contribution in [1.29, 1.82) is 5.26 Å². The first-order chi connectivity index (χ1) is 23.3. The number of halogens is 4. The van der Waals surface area contributed by atoms with Gasteiger partial charge in [0.05, 0.1) is 17.3 Å². The summed E-state index contributed by atoms with van der Waals surface area (Å²) in [6, 6.07) is 18.3. The summed E-state index contributed by atoms with van der Waals surface area (Å²) in [5.74, 6) is -3.69. The predicted octanol–water partition coefficient (Wildman–Crippen LogP) is 4.85. The van der Waals surface area contributed by atoms with E-state index in [4.69, 9.17) is 5.10 Å². The smallest absolute Gasteiger partial charge is 0.339 e. The number of hydrogen-bond donors (Lipinski definition) is 1. The number of alkyl halides is 3. The lowest BCUT2D eigenvalue weighted by molar-refractivity contribution is -0.137.